The van der Waals surface area contributed by atoms with Crippen LogP contribution in [0.2, 0.25) is 0 Å². The van der Waals surface area contributed by atoms with Crippen molar-refractivity contribution in [3.63, 3.8) is 0 Å². The van der Waals surface area contributed by atoms with Crippen molar-refractivity contribution in [2.45, 2.75) is 45.4 Å². The molecule has 1 aliphatic rings. The summed E-state index contributed by atoms with van der Waals surface area (Å²) in [5.41, 5.74) is 1.69. The minimum Gasteiger partial charge on any atom is -0.493 e. The molecular weight excluding hydrogens is 606 g/mol. The van der Waals surface area contributed by atoms with Crippen LogP contribution in [0, 0.1) is 0 Å². The van der Waals surface area contributed by atoms with Gasteiger partial charge in [0, 0.05) is 40.4 Å². The van der Waals surface area contributed by atoms with Gasteiger partial charge < -0.3 is 33.2 Å². The van der Waals surface area contributed by atoms with E-state index in [0.29, 0.717) is 16.8 Å². The highest BCUT2D eigenvalue weighted by Gasteiger charge is 2.48. The third-order valence-electron chi connectivity index (χ3n) is 6.00. The number of rotatable bonds is 13. The lowest BCUT2D eigenvalue weighted by molar-refractivity contribution is -0.274. The number of ether oxygens (including phenoxy) is 7. The van der Waals surface area contributed by atoms with Gasteiger partial charge in [0.1, 0.15) is 0 Å². The zero-order valence-corrected chi connectivity index (χ0v) is 26.2. The summed E-state index contributed by atoms with van der Waals surface area (Å²) >= 11 is 0. The Morgan fingerprint density at radius 2 is 1.52 bits per heavy atom. The number of hydrogen-bond donors (Lipinski definition) is 0. The molecule has 0 radical (unpaired) electrons. The minimum atomic E-state index is -1.50. The Labute approximate surface area is 265 Å². The van der Waals surface area contributed by atoms with Crippen molar-refractivity contribution in [2.75, 3.05) is 34.4 Å². The van der Waals surface area contributed by atoms with E-state index in [-0.39, 0.29) is 23.9 Å². The van der Waals surface area contributed by atoms with E-state index in [1.807, 2.05) is 0 Å². The number of nitrogens with zero attached hydrogens (tertiary/aromatic N) is 3. The number of esters is 4. The molecule has 3 rings (SSSR count). The summed E-state index contributed by atoms with van der Waals surface area (Å²) in [7, 11) is 4.90. The summed E-state index contributed by atoms with van der Waals surface area (Å²) in [6, 6.07) is 11.5. The average molecular weight is 642 g/mol. The first kappa shape index (κ1) is 35.2. The van der Waals surface area contributed by atoms with Gasteiger partial charge in [0.15, 0.2) is 36.1 Å². The molecule has 0 saturated carbocycles. The summed E-state index contributed by atoms with van der Waals surface area (Å²) in [6.45, 7) is 2.45. The van der Waals surface area contributed by atoms with Gasteiger partial charge in [0.2, 0.25) is 12.4 Å². The molecule has 2 aromatic rings. The predicted octanol–water partition coefficient (Wildman–Crippen LogP) is 3.23. The normalized spacial score (nSPS) is 19.3. The number of methoxy groups -OCH3 is 1. The molecule has 1 aliphatic heterocycles. The van der Waals surface area contributed by atoms with Crippen molar-refractivity contribution in [3.8, 4) is 11.5 Å². The Morgan fingerprint density at radius 1 is 0.870 bits per heavy atom. The summed E-state index contributed by atoms with van der Waals surface area (Å²) in [4.78, 5) is 60.4. The highest BCUT2D eigenvalue weighted by atomic mass is 16.7. The smallest absolute Gasteiger partial charge is 0.346 e. The van der Waals surface area contributed by atoms with Crippen LogP contribution in [0.25, 0.3) is 6.08 Å². The second-order valence-electron chi connectivity index (χ2n) is 9.97. The fourth-order valence-corrected chi connectivity index (χ4v) is 4.12. The van der Waals surface area contributed by atoms with E-state index in [1.165, 1.54) is 13.2 Å². The molecule has 2 aromatic carbocycles. The molecular formula is C31H35N3O12. The molecule has 0 spiro atoms. The molecule has 1 unspecified atom stereocenters. The lowest BCUT2D eigenvalue weighted by atomic mass is 10.0. The van der Waals surface area contributed by atoms with Crippen LogP contribution in [0.1, 0.15) is 36.7 Å². The van der Waals surface area contributed by atoms with Gasteiger partial charge in [-0.2, -0.15) is 0 Å². The van der Waals surface area contributed by atoms with Crippen molar-refractivity contribution in [3.05, 3.63) is 59.7 Å². The standard InChI is InChI=1S/C31H35N3O12/c1-18(35)43-27-16-42-31(30(45-20(3)37)29(27)44-19(2)36)46-28(39)17-41-25-14-8-21(15-26(25)40-6)7-13-24(38)22-9-11-23(12-10-22)32-33-34(4)5/h7-15,27,29-31H,16-17H2,1-6H3/b13-7+,33-32+/t27-,29?,30-,31+/m0/s1. The Hall–Kier alpha value is -5.31. The van der Waals surface area contributed by atoms with E-state index < -0.39 is 55.1 Å². The molecule has 1 fully saturated rings. The van der Waals surface area contributed by atoms with Crippen LogP contribution in [-0.2, 0) is 42.9 Å². The Balaban J connectivity index is 1.64. The van der Waals surface area contributed by atoms with E-state index in [0.717, 1.165) is 20.8 Å². The number of carbonyl (C=O) groups excluding carboxylic acids is 5. The van der Waals surface area contributed by atoms with Crippen LogP contribution >= 0.6 is 0 Å². The first-order valence-corrected chi connectivity index (χ1v) is 13.9. The molecule has 1 saturated heterocycles. The van der Waals surface area contributed by atoms with E-state index in [2.05, 4.69) is 10.3 Å². The zero-order chi connectivity index (χ0) is 33.8. The lowest BCUT2D eigenvalue weighted by Crippen LogP contribution is -2.58. The van der Waals surface area contributed by atoms with Crippen molar-refractivity contribution < 1.29 is 57.1 Å². The molecule has 15 nitrogen and oxygen atoms in total. The van der Waals surface area contributed by atoms with Gasteiger partial charge in [0.25, 0.3) is 0 Å². The van der Waals surface area contributed by atoms with Gasteiger partial charge in [0.05, 0.1) is 19.4 Å². The molecule has 1 heterocycles. The highest BCUT2D eigenvalue weighted by molar-refractivity contribution is 6.07. The van der Waals surface area contributed by atoms with Gasteiger partial charge in [-0.1, -0.05) is 17.4 Å². The van der Waals surface area contributed by atoms with E-state index in [9.17, 15) is 24.0 Å². The molecule has 0 amide bonds. The van der Waals surface area contributed by atoms with Gasteiger partial charge >= 0.3 is 23.9 Å². The number of ketones is 1. The summed E-state index contributed by atoms with van der Waals surface area (Å²) in [5.74, 6) is -2.91. The monoisotopic (exact) mass is 641 g/mol. The van der Waals surface area contributed by atoms with Crippen molar-refractivity contribution in [1.29, 1.82) is 0 Å². The first-order valence-electron chi connectivity index (χ1n) is 13.9. The second kappa shape index (κ2) is 16.7. The number of carbonyl (C=O) groups is 5. The van der Waals surface area contributed by atoms with E-state index in [4.69, 9.17) is 33.2 Å². The van der Waals surface area contributed by atoms with Crippen molar-refractivity contribution in [1.82, 2.24) is 5.01 Å². The molecule has 246 valence electrons. The van der Waals surface area contributed by atoms with Gasteiger partial charge in [-0.05, 0) is 48.0 Å². The third kappa shape index (κ3) is 10.7. The fourth-order valence-electron chi connectivity index (χ4n) is 4.12. The predicted molar refractivity (Wildman–Crippen MR) is 159 cm³/mol. The number of benzene rings is 2. The Morgan fingerprint density at radius 3 is 2.13 bits per heavy atom. The maximum absolute atomic E-state index is 12.7. The third-order valence-corrected chi connectivity index (χ3v) is 6.00. The van der Waals surface area contributed by atoms with Gasteiger partial charge in [-0.15, -0.1) is 5.11 Å². The number of allylic oxidation sites excluding steroid dienone is 1. The largest absolute Gasteiger partial charge is 0.493 e. The molecule has 0 N–H and O–H groups in total. The summed E-state index contributed by atoms with van der Waals surface area (Å²) < 4.78 is 37.4. The maximum atomic E-state index is 12.7. The molecule has 0 bridgehead atoms. The number of hydrogen-bond acceptors (Lipinski definition) is 14. The lowest BCUT2D eigenvalue weighted by Gasteiger charge is -2.39. The maximum Gasteiger partial charge on any atom is 0.346 e. The average Bonchev–Trinajstić information content (AvgIpc) is 3.00. The van der Waals surface area contributed by atoms with Crippen molar-refractivity contribution >= 4 is 41.4 Å². The molecule has 0 aromatic heterocycles. The fraction of sp³-hybridized carbons (Fsp3) is 0.387. The van der Waals surface area contributed by atoms with E-state index >= 15 is 0 Å². The Kier molecular flexibility index (Phi) is 12.8. The van der Waals surface area contributed by atoms with E-state index in [1.54, 1.807) is 67.6 Å². The van der Waals surface area contributed by atoms with Crippen LogP contribution < -0.4 is 9.47 Å². The van der Waals surface area contributed by atoms with Gasteiger partial charge in [-0.25, -0.2) is 4.79 Å². The topological polar surface area (TPSA) is 178 Å². The van der Waals surface area contributed by atoms with Crippen LogP contribution in [0.4, 0.5) is 5.69 Å². The van der Waals surface area contributed by atoms with Crippen LogP contribution in [0.3, 0.4) is 0 Å². The molecule has 15 heteroatoms. The van der Waals surface area contributed by atoms with Crippen molar-refractivity contribution in [2.24, 2.45) is 10.3 Å². The second-order valence-corrected chi connectivity index (χ2v) is 9.97. The SMILES string of the molecule is COc1cc(/C=C/C(=O)c2ccc(/N=N/N(C)C)cc2)ccc1OCC(=O)O[C@H]1OC[C@H](OC(C)=O)C(OC(C)=O)[C@@H]1OC(C)=O. The zero-order valence-electron chi connectivity index (χ0n) is 26.2. The molecule has 4 atom stereocenters. The van der Waals surface area contributed by atoms with Crippen LogP contribution in [0.5, 0.6) is 11.5 Å². The Bertz CT molecular complexity index is 1470. The highest BCUT2D eigenvalue weighted by Crippen LogP contribution is 2.29. The minimum absolute atomic E-state index is 0.194. The van der Waals surface area contributed by atoms with Gasteiger partial charge in [-0.3, -0.25) is 24.2 Å². The summed E-state index contributed by atoms with van der Waals surface area (Å²) in [5, 5.41) is 9.50. The quantitative estimate of drug-likeness (QED) is 0.0778. The molecule has 46 heavy (non-hydrogen) atoms. The first-order chi connectivity index (χ1) is 21.9. The molecule has 0 aliphatic carbocycles. The summed E-state index contributed by atoms with van der Waals surface area (Å²) in [6.07, 6.45) is -2.35. The van der Waals surface area contributed by atoms with Crippen LogP contribution in [0.15, 0.2) is 58.9 Å². The van der Waals surface area contributed by atoms with Crippen LogP contribution in [-0.4, -0.2) is 93.7 Å².